The van der Waals surface area contributed by atoms with Gasteiger partial charge in [0.1, 0.15) is 0 Å². The molecule has 96 valence electrons. The summed E-state index contributed by atoms with van der Waals surface area (Å²) in [7, 11) is 0. The van der Waals surface area contributed by atoms with Gasteiger partial charge in [-0.1, -0.05) is 27.7 Å². The fraction of sp³-hybridized carbons (Fsp3) is 0.933. The number of carboxylic acids is 1. The molecule has 4 rings (SSSR count). The molecule has 1 unspecified atom stereocenters. The van der Waals surface area contributed by atoms with E-state index in [0.29, 0.717) is 17.3 Å². The van der Waals surface area contributed by atoms with Crippen LogP contribution in [0.4, 0.5) is 0 Å². The van der Waals surface area contributed by atoms with Crippen LogP contribution in [-0.4, -0.2) is 11.1 Å². The highest BCUT2D eigenvalue weighted by Gasteiger charge is 2.69. The molecule has 0 aromatic carbocycles. The van der Waals surface area contributed by atoms with Gasteiger partial charge in [-0.3, -0.25) is 4.79 Å². The van der Waals surface area contributed by atoms with E-state index in [4.69, 9.17) is 0 Å². The van der Waals surface area contributed by atoms with Gasteiger partial charge in [-0.05, 0) is 53.8 Å². The van der Waals surface area contributed by atoms with Crippen molar-refractivity contribution in [2.45, 2.75) is 47.0 Å². The van der Waals surface area contributed by atoms with Gasteiger partial charge in [0.2, 0.25) is 0 Å². The van der Waals surface area contributed by atoms with Crippen molar-refractivity contribution in [2.24, 2.45) is 40.4 Å². The molecule has 0 saturated heterocycles. The minimum atomic E-state index is -0.570. The number of hydrogen-bond acceptors (Lipinski definition) is 1. The van der Waals surface area contributed by atoms with Crippen molar-refractivity contribution < 1.29 is 9.90 Å². The van der Waals surface area contributed by atoms with Crippen LogP contribution < -0.4 is 0 Å². The summed E-state index contributed by atoms with van der Waals surface area (Å²) in [6, 6.07) is 0. The van der Waals surface area contributed by atoms with Crippen LogP contribution in [-0.2, 0) is 4.79 Å². The Morgan fingerprint density at radius 1 is 1.12 bits per heavy atom. The lowest BCUT2D eigenvalue weighted by molar-refractivity contribution is -0.141. The number of hydrogen-bond donors (Lipinski definition) is 1. The number of fused-ring (bicyclic) bond motifs is 2. The van der Waals surface area contributed by atoms with E-state index >= 15 is 0 Å². The Balaban J connectivity index is 1.81. The van der Waals surface area contributed by atoms with Crippen LogP contribution in [0.3, 0.4) is 0 Å². The molecule has 0 aliphatic heterocycles. The molecule has 0 amide bonds. The average molecular weight is 236 g/mol. The van der Waals surface area contributed by atoms with Crippen molar-refractivity contribution in [3.63, 3.8) is 0 Å². The van der Waals surface area contributed by atoms with Crippen molar-refractivity contribution in [3.8, 4) is 0 Å². The predicted molar refractivity (Wildman–Crippen MR) is 66.5 cm³/mol. The SMILES string of the molecule is CC1(C)[C@H](C(=O)O)[C@H]1C1CC[C@H]2C[C@@H]1C2(C)C. The van der Waals surface area contributed by atoms with E-state index in [9.17, 15) is 9.90 Å². The fourth-order valence-electron chi connectivity index (χ4n) is 5.25. The Morgan fingerprint density at radius 2 is 1.76 bits per heavy atom. The van der Waals surface area contributed by atoms with Gasteiger partial charge >= 0.3 is 5.97 Å². The Kier molecular flexibility index (Phi) is 2.09. The number of carbonyl (C=O) groups is 1. The van der Waals surface area contributed by atoms with Crippen LogP contribution in [0.5, 0.6) is 0 Å². The summed E-state index contributed by atoms with van der Waals surface area (Å²) in [4.78, 5) is 11.3. The van der Waals surface area contributed by atoms with Crippen molar-refractivity contribution in [2.75, 3.05) is 0 Å². The molecular weight excluding hydrogens is 212 g/mol. The van der Waals surface area contributed by atoms with Gasteiger partial charge in [-0.25, -0.2) is 0 Å². The normalized spacial score (nSPS) is 49.3. The zero-order chi connectivity index (χ0) is 12.6. The molecule has 2 bridgehead atoms. The second-order valence-corrected chi connectivity index (χ2v) is 7.76. The third-order valence-electron chi connectivity index (χ3n) is 6.55. The van der Waals surface area contributed by atoms with Gasteiger partial charge in [-0.15, -0.1) is 0 Å². The van der Waals surface area contributed by atoms with Crippen LogP contribution in [0, 0.1) is 40.4 Å². The monoisotopic (exact) mass is 236 g/mol. The maximum absolute atomic E-state index is 11.3. The highest BCUT2D eigenvalue weighted by Crippen LogP contribution is 2.71. The molecule has 0 spiro atoms. The van der Waals surface area contributed by atoms with Crippen LogP contribution in [0.1, 0.15) is 47.0 Å². The zero-order valence-electron chi connectivity index (χ0n) is 11.4. The van der Waals surface area contributed by atoms with E-state index in [-0.39, 0.29) is 11.3 Å². The molecule has 2 heteroatoms. The maximum Gasteiger partial charge on any atom is 0.307 e. The van der Waals surface area contributed by atoms with Crippen LogP contribution in [0.15, 0.2) is 0 Å². The highest BCUT2D eigenvalue weighted by atomic mass is 16.4. The minimum absolute atomic E-state index is 0.0367. The second-order valence-electron chi connectivity index (χ2n) is 7.76. The van der Waals surface area contributed by atoms with Gasteiger partial charge in [0, 0.05) is 0 Å². The summed E-state index contributed by atoms with van der Waals surface area (Å²) in [5, 5.41) is 9.32. The third-order valence-corrected chi connectivity index (χ3v) is 6.55. The van der Waals surface area contributed by atoms with Crippen molar-refractivity contribution in [1.29, 1.82) is 0 Å². The fourth-order valence-corrected chi connectivity index (χ4v) is 5.25. The van der Waals surface area contributed by atoms with E-state index in [2.05, 4.69) is 27.7 Å². The van der Waals surface area contributed by atoms with Gasteiger partial charge in [-0.2, -0.15) is 0 Å². The Labute approximate surface area is 104 Å². The summed E-state index contributed by atoms with van der Waals surface area (Å²) >= 11 is 0. The van der Waals surface area contributed by atoms with Crippen molar-refractivity contribution >= 4 is 5.97 Å². The van der Waals surface area contributed by atoms with Crippen LogP contribution >= 0.6 is 0 Å². The molecule has 4 saturated carbocycles. The van der Waals surface area contributed by atoms with Gasteiger partial charge < -0.3 is 5.11 Å². The zero-order valence-corrected chi connectivity index (χ0v) is 11.4. The molecule has 4 aliphatic rings. The Hall–Kier alpha value is -0.530. The molecule has 4 fully saturated rings. The standard InChI is InChI=1S/C15H24O2/c1-14(2)8-5-6-9(10(14)7-8)11-12(13(16)17)15(11,3)4/h8-12H,5-7H2,1-4H3,(H,16,17)/t8-,9?,10-,11+,12-/m0/s1. The molecule has 17 heavy (non-hydrogen) atoms. The van der Waals surface area contributed by atoms with Crippen LogP contribution in [0.25, 0.3) is 0 Å². The molecular formula is C15H24O2. The summed E-state index contributed by atoms with van der Waals surface area (Å²) in [5.74, 6) is 2.15. The molecule has 0 aromatic heterocycles. The molecule has 0 aromatic rings. The minimum Gasteiger partial charge on any atom is -0.481 e. The average Bonchev–Trinajstić information content (AvgIpc) is 2.81. The predicted octanol–water partition coefficient (Wildman–Crippen LogP) is 3.42. The third kappa shape index (κ3) is 1.30. The number of aliphatic carboxylic acids is 1. The molecule has 5 atom stereocenters. The van der Waals surface area contributed by atoms with Crippen LogP contribution in [0.2, 0.25) is 0 Å². The maximum atomic E-state index is 11.3. The largest absolute Gasteiger partial charge is 0.481 e. The quantitative estimate of drug-likeness (QED) is 0.797. The molecule has 4 aliphatic carbocycles. The van der Waals surface area contributed by atoms with E-state index in [1.54, 1.807) is 0 Å². The first-order chi connectivity index (χ1) is 7.78. The van der Waals surface area contributed by atoms with Gasteiger partial charge in [0.05, 0.1) is 5.92 Å². The lowest BCUT2D eigenvalue weighted by atomic mass is 9.44. The number of carboxylic acid groups (broad SMARTS) is 1. The molecule has 1 N–H and O–H groups in total. The summed E-state index contributed by atoms with van der Waals surface area (Å²) in [6.07, 6.45) is 3.96. The Bertz CT molecular complexity index is 367. The number of rotatable bonds is 2. The van der Waals surface area contributed by atoms with E-state index in [1.807, 2.05) is 0 Å². The first-order valence-corrected chi connectivity index (χ1v) is 7.00. The smallest absolute Gasteiger partial charge is 0.307 e. The lowest BCUT2D eigenvalue weighted by Crippen LogP contribution is -2.53. The van der Waals surface area contributed by atoms with Crippen molar-refractivity contribution in [1.82, 2.24) is 0 Å². The molecule has 0 heterocycles. The highest BCUT2D eigenvalue weighted by molar-refractivity contribution is 5.75. The second kappa shape index (κ2) is 3.07. The Morgan fingerprint density at radius 3 is 2.18 bits per heavy atom. The summed E-state index contributed by atoms with van der Waals surface area (Å²) < 4.78 is 0. The summed E-state index contributed by atoms with van der Waals surface area (Å²) in [6.45, 7) is 9.08. The first kappa shape index (κ1) is 11.6. The lowest BCUT2D eigenvalue weighted by Gasteiger charge is -2.60. The van der Waals surface area contributed by atoms with E-state index in [1.165, 1.54) is 19.3 Å². The van der Waals surface area contributed by atoms with Gasteiger partial charge in [0.25, 0.3) is 0 Å². The van der Waals surface area contributed by atoms with Crippen molar-refractivity contribution in [3.05, 3.63) is 0 Å². The van der Waals surface area contributed by atoms with E-state index in [0.717, 1.165) is 11.8 Å². The molecule has 0 radical (unpaired) electrons. The van der Waals surface area contributed by atoms with Gasteiger partial charge in [0.15, 0.2) is 0 Å². The molecule has 2 nitrogen and oxygen atoms in total. The summed E-state index contributed by atoms with van der Waals surface area (Å²) in [5.41, 5.74) is 0.514. The van der Waals surface area contributed by atoms with E-state index < -0.39 is 5.97 Å². The first-order valence-electron chi connectivity index (χ1n) is 7.00. The topological polar surface area (TPSA) is 37.3 Å².